The Balaban J connectivity index is 1.58. The fraction of sp³-hybridized carbons (Fsp3) is 0.903. The molecule has 0 spiro atoms. The maximum absolute atomic E-state index is 12.1. The van der Waals surface area contributed by atoms with Crippen molar-refractivity contribution < 1.29 is 15.0 Å². The molecule has 0 bridgehead atoms. The highest BCUT2D eigenvalue weighted by molar-refractivity contribution is 5.68. The molecular formula is C31H50O3. The molecule has 0 aromatic carbocycles. The molecule has 34 heavy (non-hydrogen) atoms. The maximum Gasteiger partial charge on any atom is 0.303 e. The molecular weight excluding hydrogens is 420 g/mol. The van der Waals surface area contributed by atoms with Crippen molar-refractivity contribution in [1.82, 2.24) is 0 Å². The van der Waals surface area contributed by atoms with E-state index in [1.165, 1.54) is 12.8 Å². The molecule has 3 heteroatoms. The van der Waals surface area contributed by atoms with E-state index < -0.39 is 5.97 Å². The van der Waals surface area contributed by atoms with Gasteiger partial charge in [0.15, 0.2) is 0 Å². The minimum Gasteiger partial charge on any atom is -0.481 e. The average molecular weight is 471 g/mol. The number of rotatable bonds is 2. The molecule has 0 heterocycles. The summed E-state index contributed by atoms with van der Waals surface area (Å²) in [6.45, 7) is 17.2. The van der Waals surface area contributed by atoms with Crippen LogP contribution in [0.15, 0.2) is 11.6 Å². The van der Waals surface area contributed by atoms with Gasteiger partial charge in [0.25, 0.3) is 0 Å². The Kier molecular flexibility index (Phi) is 5.38. The topological polar surface area (TPSA) is 57.5 Å². The van der Waals surface area contributed by atoms with Crippen LogP contribution in [-0.2, 0) is 4.79 Å². The van der Waals surface area contributed by atoms with Gasteiger partial charge in [-0.1, -0.05) is 60.1 Å². The van der Waals surface area contributed by atoms with Crippen molar-refractivity contribution in [1.29, 1.82) is 0 Å². The van der Waals surface area contributed by atoms with Gasteiger partial charge in [0.05, 0.1) is 12.5 Å². The quantitative estimate of drug-likeness (QED) is 0.408. The summed E-state index contributed by atoms with van der Waals surface area (Å²) < 4.78 is 0. The Hall–Kier alpha value is -0.830. The molecule has 192 valence electrons. The van der Waals surface area contributed by atoms with Gasteiger partial charge in [0.2, 0.25) is 0 Å². The van der Waals surface area contributed by atoms with Crippen molar-refractivity contribution >= 4 is 5.97 Å². The van der Waals surface area contributed by atoms with E-state index in [4.69, 9.17) is 0 Å². The zero-order valence-corrected chi connectivity index (χ0v) is 23.0. The molecule has 0 saturated heterocycles. The summed E-state index contributed by atoms with van der Waals surface area (Å²) in [5, 5.41) is 20.8. The van der Waals surface area contributed by atoms with Gasteiger partial charge < -0.3 is 10.2 Å². The fourth-order valence-corrected chi connectivity index (χ4v) is 11.0. The van der Waals surface area contributed by atoms with Gasteiger partial charge in [-0.25, -0.2) is 0 Å². The lowest BCUT2D eigenvalue weighted by atomic mass is 9.33. The highest BCUT2D eigenvalue weighted by Gasteiger charge is 2.68. The Morgan fingerprint density at radius 3 is 2.26 bits per heavy atom. The number of carboxylic acids is 1. The second-order valence-electron chi connectivity index (χ2n) is 15.5. The van der Waals surface area contributed by atoms with Crippen LogP contribution in [0.5, 0.6) is 0 Å². The first-order chi connectivity index (χ1) is 15.6. The average Bonchev–Trinajstić information content (AvgIpc) is 2.72. The molecule has 8 atom stereocenters. The minimum absolute atomic E-state index is 0.0180. The van der Waals surface area contributed by atoms with E-state index in [2.05, 4.69) is 54.5 Å². The van der Waals surface area contributed by atoms with Gasteiger partial charge in [0, 0.05) is 0 Å². The van der Waals surface area contributed by atoms with E-state index in [-0.39, 0.29) is 38.6 Å². The highest BCUT2D eigenvalue weighted by atomic mass is 16.4. The van der Waals surface area contributed by atoms with Crippen LogP contribution in [0.1, 0.15) is 119 Å². The Morgan fingerprint density at radius 1 is 0.912 bits per heavy atom. The molecule has 0 aliphatic heterocycles. The van der Waals surface area contributed by atoms with Crippen molar-refractivity contribution in [2.45, 2.75) is 125 Å². The number of fused-ring (bicyclic) bond motifs is 7. The largest absolute Gasteiger partial charge is 0.481 e. The second kappa shape index (κ2) is 7.36. The third-order valence-corrected chi connectivity index (χ3v) is 13.3. The predicted molar refractivity (Wildman–Crippen MR) is 137 cm³/mol. The molecule has 5 rings (SSSR count). The van der Waals surface area contributed by atoms with Crippen LogP contribution >= 0.6 is 0 Å². The zero-order chi connectivity index (χ0) is 24.9. The molecule has 3 nitrogen and oxygen atoms in total. The first-order valence-electron chi connectivity index (χ1n) is 14.2. The number of aliphatic hydroxyl groups is 1. The monoisotopic (exact) mass is 470 g/mol. The smallest absolute Gasteiger partial charge is 0.303 e. The van der Waals surface area contributed by atoms with Gasteiger partial charge >= 0.3 is 5.97 Å². The number of carbonyl (C=O) groups is 1. The number of aliphatic carboxylic acids is 1. The molecule has 0 aromatic heterocycles. The molecule has 4 saturated carbocycles. The van der Waals surface area contributed by atoms with Gasteiger partial charge in [-0.05, 0) is 114 Å². The summed E-state index contributed by atoms with van der Waals surface area (Å²) in [6, 6.07) is 0. The summed E-state index contributed by atoms with van der Waals surface area (Å²) in [5.74, 6) is 1.02. The minimum atomic E-state index is -0.607. The van der Waals surface area contributed by atoms with Gasteiger partial charge in [-0.15, -0.1) is 0 Å². The van der Waals surface area contributed by atoms with E-state index in [1.807, 2.05) is 0 Å². The Bertz CT molecular complexity index is 900. The van der Waals surface area contributed by atoms with E-state index >= 15 is 0 Å². The van der Waals surface area contributed by atoms with Crippen molar-refractivity contribution in [2.75, 3.05) is 0 Å². The predicted octanol–water partition coefficient (Wildman–Crippen LogP) is 7.62. The van der Waals surface area contributed by atoms with Crippen LogP contribution in [0, 0.1) is 50.2 Å². The number of aliphatic hydroxyl groups excluding tert-OH is 1. The third kappa shape index (κ3) is 3.13. The highest BCUT2D eigenvalue weighted by Crippen LogP contribution is 2.76. The van der Waals surface area contributed by atoms with E-state index in [9.17, 15) is 15.0 Å². The lowest BCUT2D eigenvalue weighted by molar-refractivity contribution is -0.204. The molecule has 0 radical (unpaired) electrons. The van der Waals surface area contributed by atoms with Gasteiger partial charge in [-0.3, -0.25) is 4.79 Å². The molecule has 4 fully saturated rings. The lowest BCUT2D eigenvalue weighted by Crippen LogP contribution is -2.64. The number of hydrogen-bond donors (Lipinski definition) is 2. The normalized spacial score (nSPS) is 51.2. The second-order valence-corrected chi connectivity index (χ2v) is 15.5. The molecule has 5 aliphatic carbocycles. The third-order valence-electron chi connectivity index (χ3n) is 13.3. The van der Waals surface area contributed by atoms with Gasteiger partial charge in [0.1, 0.15) is 0 Å². The molecule has 2 N–H and O–H groups in total. The first kappa shape index (κ1) is 24.8. The van der Waals surface area contributed by atoms with E-state index in [0.29, 0.717) is 24.2 Å². The zero-order valence-electron chi connectivity index (χ0n) is 23.0. The van der Waals surface area contributed by atoms with Crippen molar-refractivity contribution in [3.8, 4) is 0 Å². The Labute approximate surface area is 208 Å². The number of allylic oxidation sites excluding steroid dienone is 2. The van der Waals surface area contributed by atoms with Crippen molar-refractivity contribution in [3.05, 3.63) is 11.6 Å². The van der Waals surface area contributed by atoms with Crippen molar-refractivity contribution in [2.24, 2.45) is 50.2 Å². The van der Waals surface area contributed by atoms with Gasteiger partial charge in [-0.2, -0.15) is 0 Å². The van der Waals surface area contributed by atoms with E-state index in [0.717, 1.165) is 51.4 Å². The number of carboxylic acid groups (broad SMARTS) is 1. The van der Waals surface area contributed by atoms with Crippen LogP contribution in [0.25, 0.3) is 0 Å². The van der Waals surface area contributed by atoms with Crippen LogP contribution in [0.4, 0.5) is 0 Å². The molecule has 0 amide bonds. The standard InChI is InChI=1S/C31H50O3/c1-26(2)14-16-31(19-25(33)34)17-15-29(6)20(21(31)18-26)8-9-23-28(5)12-11-24(32)27(3,4)22(28)10-13-30(23,29)7/h8,21-24,32H,9-19H2,1-7H3,(H,33,34)/t21-,22?,23-,24+,28+,29-,30-,31-/m1/s1. The van der Waals surface area contributed by atoms with Crippen LogP contribution < -0.4 is 0 Å². The summed E-state index contributed by atoms with van der Waals surface area (Å²) >= 11 is 0. The van der Waals surface area contributed by atoms with Crippen LogP contribution in [0.3, 0.4) is 0 Å². The first-order valence-corrected chi connectivity index (χ1v) is 14.2. The molecule has 0 aromatic rings. The lowest BCUT2D eigenvalue weighted by Gasteiger charge is -2.71. The SMILES string of the molecule is CC1(C)CC[C@]2(CC(=O)O)CC[C@]3(C)C(=CC[C@@H]4[C@@]5(C)CC[C@H](O)C(C)(C)C5CC[C@]43C)[C@H]2C1. The van der Waals surface area contributed by atoms with Crippen LogP contribution in [0.2, 0.25) is 0 Å². The molecule has 1 unspecified atom stereocenters. The summed E-state index contributed by atoms with van der Waals surface area (Å²) in [6.07, 6.45) is 14.0. The summed E-state index contributed by atoms with van der Waals surface area (Å²) in [7, 11) is 0. The summed E-state index contributed by atoms with van der Waals surface area (Å²) in [4.78, 5) is 12.1. The number of hydrogen-bond acceptors (Lipinski definition) is 2. The van der Waals surface area contributed by atoms with Crippen molar-refractivity contribution in [3.63, 3.8) is 0 Å². The summed E-state index contributed by atoms with van der Waals surface area (Å²) in [5.41, 5.74) is 2.54. The molecule has 5 aliphatic rings. The fourth-order valence-electron chi connectivity index (χ4n) is 11.0. The Morgan fingerprint density at radius 2 is 1.59 bits per heavy atom. The maximum atomic E-state index is 12.1. The van der Waals surface area contributed by atoms with Crippen LogP contribution in [-0.4, -0.2) is 22.3 Å². The van der Waals surface area contributed by atoms with E-state index in [1.54, 1.807) is 5.57 Å².